The van der Waals surface area contributed by atoms with Gasteiger partial charge in [-0.3, -0.25) is 9.78 Å². The standard InChI is InChI=1S/C11H9N3O2S/c15-10(16)11(3-4-11)9-14-13-8(17-9)7-2-1-5-12-6-7/h1-2,5-6H,3-4H2,(H,15,16). The number of carboxylic acid groups (broad SMARTS) is 1. The van der Waals surface area contributed by atoms with Gasteiger partial charge < -0.3 is 5.11 Å². The summed E-state index contributed by atoms with van der Waals surface area (Å²) in [6.07, 6.45) is 4.70. The van der Waals surface area contributed by atoms with Crippen molar-refractivity contribution in [3.05, 3.63) is 29.5 Å². The zero-order valence-electron chi connectivity index (χ0n) is 8.83. The Kier molecular flexibility index (Phi) is 2.19. The molecule has 6 heteroatoms. The van der Waals surface area contributed by atoms with Crippen LogP contribution in [-0.4, -0.2) is 26.3 Å². The third-order valence-electron chi connectivity index (χ3n) is 2.90. The molecule has 1 aliphatic carbocycles. The molecule has 17 heavy (non-hydrogen) atoms. The van der Waals surface area contributed by atoms with Crippen LogP contribution in [0.3, 0.4) is 0 Å². The van der Waals surface area contributed by atoms with Crippen molar-refractivity contribution in [3.63, 3.8) is 0 Å². The van der Waals surface area contributed by atoms with Gasteiger partial charge in [0.25, 0.3) is 0 Å². The third-order valence-corrected chi connectivity index (χ3v) is 4.08. The molecule has 0 saturated heterocycles. The van der Waals surface area contributed by atoms with Crippen LogP contribution in [0.5, 0.6) is 0 Å². The van der Waals surface area contributed by atoms with Gasteiger partial charge in [-0.15, -0.1) is 10.2 Å². The Morgan fingerprint density at radius 2 is 2.24 bits per heavy atom. The zero-order chi connectivity index (χ0) is 11.9. The highest BCUT2D eigenvalue weighted by atomic mass is 32.1. The number of rotatable bonds is 3. The monoisotopic (exact) mass is 247 g/mol. The van der Waals surface area contributed by atoms with Crippen LogP contribution in [0.25, 0.3) is 10.6 Å². The topological polar surface area (TPSA) is 76.0 Å². The van der Waals surface area contributed by atoms with Crippen LogP contribution >= 0.6 is 11.3 Å². The summed E-state index contributed by atoms with van der Waals surface area (Å²) in [5.41, 5.74) is 0.107. The normalized spacial score (nSPS) is 16.7. The number of carboxylic acids is 1. The molecule has 2 aromatic heterocycles. The lowest BCUT2D eigenvalue weighted by Gasteiger charge is -2.02. The summed E-state index contributed by atoms with van der Waals surface area (Å²) in [6, 6.07) is 3.71. The fourth-order valence-corrected chi connectivity index (χ4v) is 2.74. The van der Waals surface area contributed by atoms with Crippen LogP contribution in [0.2, 0.25) is 0 Å². The smallest absolute Gasteiger partial charge is 0.316 e. The predicted molar refractivity (Wildman–Crippen MR) is 61.7 cm³/mol. The van der Waals surface area contributed by atoms with Gasteiger partial charge in [0.05, 0.1) is 0 Å². The van der Waals surface area contributed by atoms with Gasteiger partial charge in [-0.05, 0) is 25.0 Å². The first kappa shape index (κ1) is 10.3. The molecule has 1 aliphatic rings. The third kappa shape index (κ3) is 1.61. The Labute approximate surface area is 101 Å². The minimum atomic E-state index is -0.800. The highest BCUT2D eigenvalue weighted by Gasteiger charge is 2.54. The number of aromatic nitrogens is 3. The first-order valence-corrected chi connectivity index (χ1v) is 6.02. The van der Waals surface area contributed by atoms with E-state index in [0.29, 0.717) is 17.8 Å². The summed E-state index contributed by atoms with van der Waals surface area (Å²) in [4.78, 5) is 15.2. The van der Waals surface area contributed by atoms with Crippen molar-refractivity contribution in [2.75, 3.05) is 0 Å². The Bertz CT molecular complexity index is 563. The molecular weight excluding hydrogens is 238 g/mol. The van der Waals surface area contributed by atoms with E-state index >= 15 is 0 Å². The maximum absolute atomic E-state index is 11.2. The Balaban J connectivity index is 1.97. The molecular formula is C11H9N3O2S. The second-order valence-electron chi connectivity index (χ2n) is 4.04. The lowest BCUT2D eigenvalue weighted by Crippen LogP contribution is -2.19. The molecule has 2 aromatic rings. The second kappa shape index (κ2) is 3.59. The summed E-state index contributed by atoms with van der Waals surface area (Å²) in [6.45, 7) is 0. The molecule has 0 unspecified atom stereocenters. The van der Waals surface area contributed by atoms with E-state index in [1.54, 1.807) is 12.4 Å². The van der Waals surface area contributed by atoms with E-state index in [4.69, 9.17) is 5.11 Å². The number of carbonyl (C=O) groups is 1. The minimum absolute atomic E-state index is 0.601. The zero-order valence-corrected chi connectivity index (χ0v) is 9.65. The molecule has 0 amide bonds. The van der Waals surface area contributed by atoms with Crippen LogP contribution in [0.1, 0.15) is 17.8 Å². The van der Waals surface area contributed by atoms with Gasteiger partial charge in [0.2, 0.25) is 0 Å². The van der Waals surface area contributed by atoms with E-state index in [9.17, 15) is 4.79 Å². The summed E-state index contributed by atoms with van der Waals surface area (Å²) in [5.74, 6) is -0.800. The van der Waals surface area contributed by atoms with Gasteiger partial charge in [0.15, 0.2) is 0 Å². The fraction of sp³-hybridized carbons (Fsp3) is 0.273. The highest BCUT2D eigenvalue weighted by Crippen LogP contribution is 2.50. The van der Waals surface area contributed by atoms with Gasteiger partial charge in [-0.2, -0.15) is 0 Å². The molecule has 86 valence electrons. The maximum Gasteiger partial charge on any atom is 0.316 e. The van der Waals surface area contributed by atoms with Crippen molar-refractivity contribution in [3.8, 4) is 10.6 Å². The Morgan fingerprint density at radius 1 is 1.41 bits per heavy atom. The average Bonchev–Trinajstić information content (AvgIpc) is 3.02. The maximum atomic E-state index is 11.2. The predicted octanol–water partition coefficient (Wildman–Crippen LogP) is 1.72. The van der Waals surface area contributed by atoms with Crippen LogP contribution in [0.15, 0.2) is 24.5 Å². The number of hydrogen-bond donors (Lipinski definition) is 1. The van der Waals surface area contributed by atoms with Crippen molar-refractivity contribution in [2.45, 2.75) is 18.3 Å². The molecule has 1 N–H and O–H groups in total. The number of pyridine rings is 1. The largest absolute Gasteiger partial charge is 0.481 e. The molecule has 1 fully saturated rings. The molecule has 3 rings (SSSR count). The lowest BCUT2D eigenvalue weighted by atomic mass is 10.1. The van der Waals surface area contributed by atoms with E-state index in [2.05, 4.69) is 15.2 Å². The fourth-order valence-electron chi connectivity index (χ4n) is 1.67. The average molecular weight is 247 g/mol. The van der Waals surface area contributed by atoms with E-state index in [1.165, 1.54) is 11.3 Å². The number of hydrogen-bond acceptors (Lipinski definition) is 5. The molecule has 5 nitrogen and oxygen atoms in total. The SMILES string of the molecule is O=C(O)C1(c2nnc(-c3cccnc3)s2)CC1. The first-order chi connectivity index (χ1) is 8.22. The van der Waals surface area contributed by atoms with E-state index in [1.807, 2.05) is 12.1 Å². The number of nitrogens with zero attached hydrogens (tertiary/aromatic N) is 3. The molecule has 1 saturated carbocycles. The second-order valence-corrected chi connectivity index (χ2v) is 5.02. The molecule has 2 heterocycles. The van der Waals surface area contributed by atoms with E-state index in [0.717, 1.165) is 10.6 Å². The van der Waals surface area contributed by atoms with Crippen molar-refractivity contribution in [1.82, 2.24) is 15.2 Å². The van der Waals surface area contributed by atoms with Crippen molar-refractivity contribution in [2.24, 2.45) is 0 Å². The van der Waals surface area contributed by atoms with Gasteiger partial charge in [0.1, 0.15) is 15.4 Å². The molecule has 0 aromatic carbocycles. The van der Waals surface area contributed by atoms with Gasteiger partial charge in [-0.25, -0.2) is 0 Å². The molecule has 0 spiro atoms. The Morgan fingerprint density at radius 3 is 2.82 bits per heavy atom. The summed E-state index contributed by atoms with van der Waals surface area (Å²) < 4.78 is 0. The van der Waals surface area contributed by atoms with Gasteiger partial charge in [-0.1, -0.05) is 11.3 Å². The summed E-state index contributed by atoms with van der Waals surface area (Å²) in [7, 11) is 0. The minimum Gasteiger partial charge on any atom is -0.481 e. The quantitative estimate of drug-likeness (QED) is 0.893. The highest BCUT2D eigenvalue weighted by molar-refractivity contribution is 7.15. The van der Waals surface area contributed by atoms with Crippen molar-refractivity contribution in [1.29, 1.82) is 0 Å². The molecule has 0 aliphatic heterocycles. The summed E-state index contributed by atoms with van der Waals surface area (Å²) >= 11 is 1.34. The van der Waals surface area contributed by atoms with E-state index < -0.39 is 11.4 Å². The number of aliphatic carboxylic acids is 1. The van der Waals surface area contributed by atoms with Crippen LogP contribution in [0.4, 0.5) is 0 Å². The molecule has 0 atom stereocenters. The Hall–Kier alpha value is -1.82. The summed E-state index contributed by atoms with van der Waals surface area (Å²) in [5, 5.41) is 18.5. The van der Waals surface area contributed by atoms with Crippen LogP contribution in [0, 0.1) is 0 Å². The lowest BCUT2D eigenvalue weighted by molar-refractivity contribution is -0.140. The van der Waals surface area contributed by atoms with Crippen molar-refractivity contribution < 1.29 is 9.90 Å². The van der Waals surface area contributed by atoms with Gasteiger partial charge in [0, 0.05) is 18.0 Å². The first-order valence-electron chi connectivity index (χ1n) is 5.20. The van der Waals surface area contributed by atoms with Crippen LogP contribution in [-0.2, 0) is 10.2 Å². The molecule has 0 bridgehead atoms. The van der Waals surface area contributed by atoms with Crippen LogP contribution < -0.4 is 0 Å². The van der Waals surface area contributed by atoms with Crippen molar-refractivity contribution >= 4 is 17.3 Å². The van der Waals surface area contributed by atoms with E-state index in [-0.39, 0.29) is 0 Å². The molecule has 0 radical (unpaired) electrons. The van der Waals surface area contributed by atoms with Gasteiger partial charge >= 0.3 is 5.97 Å².